The molecule has 0 aliphatic carbocycles. The maximum absolute atomic E-state index is 13.5. The molecule has 2 rings (SSSR count). The van der Waals surface area contributed by atoms with Crippen molar-refractivity contribution in [2.24, 2.45) is 0 Å². The number of halogens is 3. The van der Waals surface area contributed by atoms with E-state index in [0.29, 0.717) is 4.34 Å². The summed E-state index contributed by atoms with van der Waals surface area (Å²) >= 11 is 3.92. The molecule has 1 N–H and O–H groups in total. The minimum Gasteiger partial charge on any atom is -0.323 e. The molecule has 1 amide bonds. The van der Waals surface area contributed by atoms with Crippen molar-refractivity contribution in [3.63, 3.8) is 0 Å². The van der Waals surface area contributed by atoms with Crippen LogP contribution in [-0.4, -0.2) is 27.6 Å². The lowest BCUT2D eigenvalue weighted by Crippen LogP contribution is -2.23. The van der Waals surface area contributed by atoms with Crippen LogP contribution < -0.4 is 5.32 Å². The molecule has 0 saturated carbocycles. The van der Waals surface area contributed by atoms with E-state index in [1.54, 1.807) is 6.92 Å². The summed E-state index contributed by atoms with van der Waals surface area (Å²) in [6.07, 6.45) is 1.86. The van der Waals surface area contributed by atoms with Gasteiger partial charge in [0.05, 0.1) is 10.9 Å². The maximum atomic E-state index is 13.5. The number of rotatable bonds is 5. The number of amides is 1. The number of nitrogens with one attached hydrogen (secondary N) is 1. The lowest BCUT2D eigenvalue weighted by atomic mass is 10.2. The molecular formula is C12H10F3N3OS3. The fraction of sp³-hybridized carbons (Fsp3) is 0.250. The van der Waals surface area contributed by atoms with Gasteiger partial charge in [-0.2, -0.15) is 0 Å². The molecule has 2 aromatic rings. The first-order valence-electron chi connectivity index (χ1n) is 5.91. The minimum absolute atomic E-state index is 0.404. The lowest BCUT2D eigenvalue weighted by molar-refractivity contribution is -0.115. The van der Waals surface area contributed by atoms with Crippen LogP contribution in [0.5, 0.6) is 0 Å². The highest BCUT2D eigenvalue weighted by molar-refractivity contribution is 8.03. The fourth-order valence-corrected chi connectivity index (χ4v) is 3.97. The Hall–Kier alpha value is -1.26. The van der Waals surface area contributed by atoms with Crippen molar-refractivity contribution in [3.05, 3.63) is 29.6 Å². The van der Waals surface area contributed by atoms with Crippen molar-refractivity contribution >= 4 is 46.5 Å². The van der Waals surface area contributed by atoms with E-state index in [9.17, 15) is 18.0 Å². The Morgan fingerprint density at radius 2 is 1.91 bits per heavy atom. The number of carbonyl (C=O) groups is 1. The topological polar surface area (TPSA) is 54.9 Å². The van der Waals surface area contributed by atoms with Gasteiger partial charge in [0.25, 0.3) is 0 Å². The second kappa shape index (κ2) is 7.34. The van der Waals surface area contributed by atoms with Gasteiger partial charge in [0, 0.05) is 0 Å². The highest BCUT2D eigenvalue weighted by atomic mass is 32.2. The lowest BCUT2D eigenvalue weighted by Gasteiger charge is -2.11. The molecule has 1 heterocycles. The summed E-state index contributed by atoms with van der Waals surface area (Å²) < 4.78 is 40.8. The van der Waals surface area contributed by atoms with Crippen molar-refractivity contribution in [2.75, 3.05) is 11.6 Å². The standard InChI is InChI=1S/C12H10F3N3OS3/c1-5(21-12-18-17-11(20-2)22-12)10(19)16-7-4-3-6(13)8(14)9(7)15/h3-5H,1-2H3,(H,16,19). The monoisotopic (exact) mass is 365 g/mol. The quantitative estimate of drug-likeness (QED) is 0.645. The number of thioether (sulfide) groups is 2. The van der Waals surface area contributed by atoms with Gasteiger partial charge in [0.1, 0.15) is 0 Å². The minimum atomic E-state index is -1.62. The van der Waals surface area contributed by atoms with Crippen LogP contribution in [0.25, 0.3) is 0 Å². The number of carbonyl (C=O) groups excluding carboxylic acids is 1. The van der Waals surface area contributed by atoms with Gasteiger partial charge in [-0.3, -0.25) is 4.79 Å². The largest absolute Gasteiger partial charge is 0.323 e. The van der Waals surface area contributed by atoms with Crippen molar-refractivity contribution < 1.29 is 18.0 Å². The number of nitrogens with zero attached hydrogens (tertiary/aromatic N) is 2. The number of hydrogen-bond acceptors (Lipinski definition) is 6. The normalized spacial score (nSPS) is 12.2. The molecule has 4 nitrogen and oxygen atoms in total. The van der Waals surface area contributed by atoms with Crippen LogP contribution >= 0.6 is 34.9 Å². The molecule has 0 radical (unpaired) electrons. The zero-order valence-electron chi connectivity index (χ0n) is 11.4. The van der Waals surface area contributed by atoms with Crippen LogP contribution in [0.15, 0.2) is 20.8 Å². The van der Waals surface area contributed by atoms with E-state index in [1.165, 1.54) is 23.1 Å². The summed E-state index contributed by atoms with van der Waals surface area (Å²) in [5, 5.41) is 9.43. The molecule has 10 heteroatoms. The Balaban J connectivity index is 2.04. The number of aromatic nitrogens is 2. The Bertz CT molecular complexity index is 695. The summed E-state index contributed by atoms with van der Waals surface area (Å²) in [4.78, 5) is 12.0. The Kier molecular flexibility index (Phi) is 5.70. The van der Waals surface area contributed by atoms with Gasteiger partial charge >= 0.3 is 0 Å². The van der Waals surface area contributed by atoms with Gasteiger partial charge in [0.15, 0.2) is 26.1 Å². The van der Waals surface area contributed by atoms with Crippen LogP contribution in [0.2, 0.25) is 0 Å². The summed E-state index contributed by atoms with van der Waals surface area (Å²) in [6.45, 7) is 1.60. The fourth-order valence-electron chi connectivity index (χ4n) is 1.39. The Morgan fingerprint density at radius 3 is 2.55 bits per heavy atom. The summed E-state index contributed by atoms with van der Waals surface area (Å²) in [5.41, 5.74) is -0.404. The molecule has 1 aromatic heterocycles. The third-order valence-corrected chi connectivity index (χ3v) is 5.59. The molecule has 0 saturated heterocycles. The van der Waals surface area contributed by atoms with Crippen LogP contribution in [0.1, 0.15) is 6.92 Å². The molecule has 0 spiro atoms. The van der Waals surface area contributed by atoms with Crippen molar-refractivity contribution in [3.8, 4) is 0 Å². The van der Waals surface area contributed by atoms with E-state index in [0.717, 1.165) is 28.2 Å². The first-order valence-corrected chi connectivity index (χ1v) is 8.83. The Labute approximate surface area is 136 Å². The van der Waals surface area contributed by atoms with Crippen molar-refractivity contribution in [1.82, 2.24) is 10.2 Å². The van der Waals surface area contributed by atoms with Crippen molar-refractivity contribution in [2.45, 2.75) is 20.9 Å². The predicted molar refractivity (Wildman–Crippen MR) is 82.0 cm³/mol. The second-order valence-corrected chi connectivity index (χ2v) is 7.63. The molecule has 0 bridgehead atoms. The average molecular weight is 365 g/mol. The summed E-state index contributed by atoms with van der Waals surface area (Å²) in [6, 6.07) is 1.72. The van der Waals surface area contributed by atoms with Crippen LogP contribution in [0.4, 0.5) is 18.9 Å². The van der Waals surface area contributed by atoms with Gasteiger partial charge in [-0.15, -0.1) is 10.2 Å². The van der Waals surface area contributed by atoms with E-state index in [4.69, 9.17) is 0 Å². The molecule has 1 aromatic carbocycles. The average Bonchev–Trinajstić information content (AvgIpc) is 2.95. The number of benzene rings is 1. The molecule has 22 heavy (non-hydrogen) atoms. The highest BCUT2D eigenvalue weighted by Gasteiger charge is 2.20. The smallest absolute Gasteiger partial charge is 0.237 e. The summed E-state index contributed by atoms with van der Waals surface area (Å²) in [7, 11) is 0. The molecule has 1 atom stereocenters. The maximum Gasteiger partial charge on any atom is 0.237 e. The molecule has 0 aliphatic heterocycles. The number of hydrogen-bond donors (Lipinski definition) is 1. The van der Waals surface area contributed by atoms with Gasteiger partial charge in [-0.05, 0) is 25.3 Å². The highest BCUT2D eigenvalue weighted by Crippen LogP contribution is 2.30. The predicted octanol–water partition coefficient (Wildman–Crippen LogP) is 3.80. The molecule has 0 aliphatic rings. The molecule has 118 valence electrons. The number of anilines is 1. The third kappa shape index (κ3) is 3.93. The van der Waals surface area contributed by atoms with Gasteiger partial charge in [0.2, 0.25) is 5.91 Å². The summed E-state index contributed by atoms with van der Waals surface area (Å²) in [5.74, 6) is -4.90. The van der Waals surface area contributed by atoms with Gasteiger partial charge in [-0.25, -0.2) is 13.2 Å². The van der Waals surface area contributed by atoms with E-state index in [-0.39, 0.29) is 0 Å². The van der Waals surface area contributed by atoms with E-state index in [2.05, 4.69) is 15.5 Å². The first kappa shape index (κ1) is 17.1. The Morgan fingerprint density at radius 1 is 1.23 bits per heavy atom. The van der Waals surface area contributed by atoms with Crippen LogP contribution in [-0.2, 0) is 4.79 Å². The zero-order chi connectivity index (χ0) is 16.3. The molecule has 0 fully saturated rings. The van der Waals surface area contributed by atoms with E-state index in [1.807, 2.05) is 6.26 Å². The third-order valence-electron chi connectivity index (χ3n) is 2.50. The second-order valence-electron chi connectivity index (χ2n) is 4.01. The van der Waals surface area contributed by atoms with E-state index >= 15 is 0 Å². The molecular weight excluding hydrogens is 355 g/mol. The van der Waals surface area contributed by atoms with Crippen LogP contribution in [0, 0.1) is 17.5 Å². The SMILES string of the molecule is CSc1nnc(SC(C)C(=O)Nc2ccc(F)c(F)c2F)s1. The van der Waals surface area contributed by atoms with Gasteiger partial charge < -0.3 is 5.32 Å². The van der Waals surface area contributed by atoms with E-state index < -0.39 is 34.3 Å². The van der Waals surface area contributed by atoms with Crippen LogP contribution in [0.3, 0.4) is 0 Å². The van der Waals surface area contributed by atoms with Crippen molar-refractivity contribution in [1.29, 1.82) is 0 Å². The first-order chi connectivity index (χ1) is 10.4. The molecule has 1 unspecified atom stereocenters. The van der Waals surface area contributed by atoms with Gasteiger partial charge in [-0.1, -0.05) is 34.9 Å². The zero-order valence-corrected chi connectivity index (χ0v) is 13.8.